The van der Waals surface area contributed by atoms with Gasteiger partial charge >= 0.3 is 5.97 Å². The molecule has 110 valence electrons. The lowest BCUT2D eigenvalue weighted by Gasteiger charge is -2.10. The molecule has 0 amide bonds. The van der Waals surface area contributed by atoms with Crippen LogP contribution in [0.25, 0.3) is 0 Å². The molecule has 0 saturated carbocycles. The standard InChI is InChI=1S/C15H17N3O3/c1-4-12-13(6-5-9(2)18-12)21-14-7-10(15(19)20-3)11(16)8-17-14/h5-8H,4,16H2,1-3H3. The Balaban J connectivity index is 2.34. The Morgan fingerprint density at radius 1 is 1.38 bits per heavy atom. The largest absolute Gasteiger partial charge is 0.465 e. The summed E-state index contributed by atoms with van der Waals surface area (Å²) in [5.74, 6) is 0.346. The summed E-state index contributed by atoms with van der Waals surface area (Å²) in [4.78, 5) is 20.1. The lowest BCUT2D eigenvalue weighted by atomic mass is 10.2. The normalized spacial score (nSPS) is 10.2. The molecule has 2 aromatic rings. The Kier molecular flexibility index (Phi) is 4.37. The number of aryl methyl sites for hydroxylation is 2. The van der Waals surface area contributed by atoms with Crippen LogP contribution in [0, 0.1) is 6.92 Å². The Labute approximate surface area is 122 Å². The number of ether oxygens (including phenoxy) is 2. The van der Waals surface area contributed by atoms with Gasteiger partial charge in [0.2, 0.25) is 5.88 Å². The first-order valence-electron chi connectivity index (χ1n) is 6.53. The molecular weight excluding hydrogens is 270 g/mol. The van der Waals surface area contributed by atoms with Gasteiger partial charge in [0.25, 0.3) is 0 Å². The van der Waals surface area contributed by atoms with Gasteiger partial charge in [-0.15, -0.1) is 0 Å². The average Bonchev–Trinajstić information content (AvgIpc) is 2.50. The number of carbonyl (C=O) groups is 1. The molecule has 2 aromatic heterocycles. The molecule has 2 heterocycles. The first-order valence-corrected chi connectivity index (χ1v) is 6.53. The van der Waals surface area contributed by atoms with Crippen molar-refractivity contribution in [3.8, 4) is 11.6 Å². The Hall–Kier alpha value is -2.63. The maximum Gasteiger partial charge on any atom is 0.340 e. The van der Waals surface area contributed by atoms with Crippen LogP contribution in [0.15, 0.2) is 24.4 Å². The fourth-order valence-electron chi connectivity index (χ4n) is 1.85. The topological polar surface area (TPSA) is 87.3 Å². The monoisotopic (exact) mass is 287 g/mol. The van der Waals surface area contributed by atoms with E-state index < -0.39 is 5.97 Å². The van der Waals surface area contributed by atoms with Gasteiger partial charge < -0.3 is 15.2 Å². The number of carbonyl (C=O) groups excluding carboxylic acids is 1. The molecule has 0 fully saturated rings. The zero-order valence-corrected chi connectivity index (χ0v) is 12.2. The number of nitrogens with zero attached hydrogens (tertiary/aromatic N) is 2. The zero-order chi connectivity index (χ0) is 15.4. The minimum Gasteiger partial charge on any atom is -0.465 e. The van der Waals surface area contributed by atoms with Crippen molar-refractivity contribution < 1.29 is 14.3 Å². The summed E-state index contributed by atoms with van der Waals surface area (Å²) in [5.41, 5.74) is 7.91. The summed E-state index contributed by atoms with van der Waals surface area (Å²) >= 11 is 0. The van der Waals surface area contributed by atoms with Crippen LogP contribution in [0.1, 0.15) is 28.7 Å². The quantitative estimate of drug-likeness (QED) is 0.869. The lowest BCUT2D eigenvalue weighted by molar-refractivity contribution is 0.0601. The molecule has 0 spiro atoms. The Morgan fingerprint density at radius 3 is 2.81 bits per heavy atom. The molecule has 2 N–H and O–H groups in total. The van der Waals surface area contributed by atoms with Crippen LogP contribution in [-0.2, 0) is 11.2 Å². The number of pyridine rings is 2. The predicted octanol–water partition coefficient (Wildman–Crippen LogP) is 2.51. The van der Waals surface area contributed by atoms with E-state index in [-0.39, 0.29) is 17.1 Å². The molecule has 0 saturated heterocycles. The van der Waals surface area contributed by atoms with Crippen LogP contribution in [-0.4, -0.2) is 23.0 Å². The number of nitrogens with two attached hydrogens (primary N) is 1. The number of hydrogen-bond donors (Lipinski definition) is 1. The zero-order valence-electron chi connectivity index (χ0n) is 12.2. The maximum atomic E-state index is 11.6. The molecule has 0 aliphatic rings. The summed E-state index contributed by atoms with van der Waals surface area (Å²) in [6.07, 6.45) is 2.10. The van der Waals surface area contributed by atoms with Crippen LogP contribution in [0.5, 0.6) is 11.6 Å². The summed E-state index contributed by atoms with van der Waals surface area (Å²) < 4.78 is 10.4. The smallest absolute Gasteiger partial charge is 0.340 e. The lowest BCUT2D eigenvalue weighted by Crippen LogP contribution is -2.07. The van der Waals surface area contributed by atoms with E-state index >= 15 is 0 Å². The van der Waals surface area contributed by atoms with Crippen molar-refractivity contribution in [3.63, 3.8) is 0 Å². The molecule has 0 radical (unpaired) electrons. The fourth-order valence-corrected chi connectivity index (χ4v) is 1.85. The SMILES string of the molecule is CCc1nc(C)ccc1Oc1cc(C(=O)OC)c(N)cn1. The van der Waals surface area contributed by atoms with Gasteiger partial charge in [-0.25, -0.2) is 9.78 Å². The summed E-state index contributed by atoms with van der Waals surface area (Å²) in [6.45, 7) is 3.91. The molecule has 0 aromatic carbocycles. The minimum absolute atomic E-state index is 0.223. The third-order valence-corrected chi connectivity index (χ3v) is 2.94. The molecule has 0 atom stereocenters. The van der Waals surface area contributed by atoms with E-state index in [1.165, 1.54) is 19.4 Å². The summed E-state index contributed by atoms with van der Waals surface area (Å²) in [5, 5.41) is 0. The molecule has 0 bridgehead atoms. The number of rotatable bonds is 4. The first kappa shape index (κ1) is 14.8. The molecule has 0 aliphatic heterocycles. The van der Waals surface area contributed by atoms with E-state index in [2.05, 4.69) is 14.7 Å². The number of esters is 1. The second kappa shape index (κ2) is 6.21. The van der Waals surface area contributed by atoms with E-state index in [9.17, 15) is 4.79 Å². The number of nitrogen functional groups attached to an aromatic ring is 1. The van der Waals surface area contributed by atoms with Crippen LogP contribution >= 0.6 is 0 Å². The van der Waals surface area contributed by atoms with Gasteiger partial charge in [0.15, 0.2) is 5.75 Å². The second-order valence-corrected chi connectivity index (χ2v) is 4.45. The molecule has 0 aliphatic carbocycles. The molecule has 21 heavy (non-hydrogen) atoms. The van der Waals surface area contributed by atoms with Crippen LogP contribution in [0.2, 0.25) is 0 Å². The Morgan fingerprint density at radius 2 is 2.14 bits per heavy atom. The van der Waals surface area contributed by atoms with Crippen LogP contribution in [0.4, 0.5) is 5.69 Å². The third-order valence-electron chi connectivity index (χ3n) is 2.94. The fraction of sp³-hybridized carbons (Fsp3) is 0.267. The van der Waals surface area contributed by atoms with Gasteiger partial charge in [-0.3, -0.25) is 4.98 Å². The average molecular weight is 287 g/mol. The molecule has 2 rings (SSSR count). The van der Waals surface area contributed by atoms with E-state index in [0.717, 1.165) is 17.8 Å². The number of aromatic nitrogens is 2. The number of anilines is 1. The highest BCUT2D eigenvalue weighted by Crippen LogP contribution is 2.25. The Bertz CT molecular complexity index is 671. The van der Waals surface area contributed by atoms with Gasteiger partial charge in [-0.05, 0) is 25.5 Å². The highest BCUT2D eigenvalue weighted by atomic mass is 16.5. The first-order chi connectivity index (χ1) is 10.0. The minimum atomic E-state index is -0.530. The van der Waals surface area contributed by atoms with Crippen molar-refractivity contribution in [2.45, 2.75) is 20.3 Å². The van der Waals surface area contributed by atoms with Crippen LogP contribution < -0.4 is 10.5 Å². The number of methoxy groups -OCH3 is 1. The van der Waals surface area contributed by atoms with Gasteiger partial charge in [-0.1, -0.05) is 6.92 Å². The van der Waals surface area contributed by atoms with Gasteiger partial charge in [0.05, 0.1) is 30.3 Å². The molecular formula is C15H17N3O3. The summed E-state index contributed by atoms with van der Waals surface area (Å²) in [7, 11) is 1.29. The molecule has 6 nitrogen and oxygen atoms in total. The second-order valence-electron chi connectivity index (χ2n) is 4.45. The van der Waals surface area contributed by atoms with Crippen molar-refractivity contribution in [1.82, 2.24) is 9.97 Å². The van der Waals surface area contributed by atoms with E-state index in [4.69, 9.17) is 10.5 Å². The molecule has 0 unspecified atom stereocenters. The third kappa shape index (κ3) is 3.28. The van der Waals surface area contributed by atoms with Crippen molar-refractivity contribution in [3.05, 3.63) is 41.3 Å². The van der Waals surface area contributed by atoms with Crippen LogP contribution in [0.3, 0.4) is 0 Å². The van der Waals surface area contributed by atoms with E-state index in [1.807, 2.05) is 26.0 Å². The predicted molar refractivity (Wildman–Crippen MR) is 78.4 cm³/mol. The van der Waals surface area contributed by atoms with Gasteiger partial charge in [0.1, 0.15) is 0 Å². The summed E-state index contributed by atoms with van der Waals surface area (Å²) in [6, 6.07) is 5.14. The van der Waals surface area contributed by atoms with Crippen molar-refractivity contribution in [1.29, 1.82) is 0 Å². The van der Waals surface area contributed by atoms with Crippen molar-refractivity contribution in [2.75, 3.05) is 12.8 Å². The number of hydrogen-bond acceptors (Lipinski definition) is 6. The van der Waals surface area contributed by atoms with E-state index in [1.54, 1.807) is 0 Å². The highest BCUT2D eigenvalue weighted by molar-refractivity contribution is 5.95. The van der Waals surface area contributed by atoms with Crippen molar-refractivity contribution >= 4 is 11.7 Å². The van der Waals surface area contributed by atoms with Gasteiger partial charge in [-0.2, -0.15) is 0 Å². The van der Waals surface area contributed by atoms with Crippen molar-refractivity contribution in [2.24, 2.45) is 0 Å². The van der Waals surface area contributed by atoms with E-state index in [0.29, 0.717) is 5.75 Å². The maximum absolute atomic E-state index is 11.6. The van der Waals surface area contributed by atoms with Gasteiger partial charge in [0, 0.05) is 11.8 Å². The highest BCUT2D eigenvalue weighted by Gasteiger charge is 2.14. The molecule has 6 heteroatoms.